The average molecular weight is 710 g/mol. The molecule has 54 heavy (non-hydrogen) atoms. The summed E-state index contributed by atoms with van der Waals surface area (Å²) in [6, 6.07) is 62.6. The quantitative estimate of drug-likeness (QED) is 0.166. The normalized spacial score (nSPS) is 15.0. The number of hydrogen-bond acceptors (Lipinski definition) is 2. The highest BCUT2D eigenvalue weighted by Gasteiger charge is 2.35. The molecule has 2 aliphatic carbocycles. The Labute approximate surface area is 321 Å². The SMILES string of the molecule is CC1(C)c2ccccc2-c2cc(-c3ccccc3N(c3ccc(C4C=CC=Cc5sc6ccccc6c54)cc3)c3cccc(-c4ccccc4)c3)ccc21. The number of anilines is 3. The van der Waals surface area contributed by atoms with Crippen molar-refractivity contribution in [2.45, 2.75) is 25.2 Å². The van der Waals surface area contributed by atoms with Crippen LogP contribution in [-0.4, -0.2) is 0 Å². The van der Waals surface area contributed by atoms with Gasteiger partial charge in [-0.25, -0.2) is 0 Å². The van der Waals surface area contributed by atoms with Crippen LogP contribution in [-0.2, 0) is 5.41 Å². The summed E-state index contributed by atoms with van der Waals surface area (Å²) in [5, 5.41) is 1.34. The van der Waals surface area contributed by atoms with Gasteiger partial charge in [-0.15, -0.1) is 11.3 Å². The van der Waals surface area contributed by atoms with Gasteiger partial charge in [-0.05, 0) is 104 Å². The van der Waals surface area contributed by atoms with Crippen molar-refractivity contribution in [2.24, 2.45) is 0 Å². The van der Waals surface area contributed by atoms with Crippen LogP contribution in [0.15, 0.2) is 188 Å². The fourth-order valence-corrected chi connectivity index (χ4v) is 9.90. The van der Waals surface area contributed by atoms with Crippen LogP contribution in [0.5, 0.6) is 0 Å². The molecule has 0 amide bonds. The summed E-state index contributed by atoms with van der Waals surface area (Å²) >= 11 is 1.88. The molecule has 0 radical (unpaired) electrons. The Morgan fingerprint density at radius 1 is 0.519 bits per heavy atom. The van der Waals surface area contributed by atoms with Gasteiger partial charge in [-0.2, -0.15) is 0 Å². The summed E-state index contributed by atoms with van der Waals surface area (Å²) in [5.74, 6) is 0.167. The Hall–Kier alpha value is -6.22. The molecule has 0 saturated carbocycles. The fraction of sp³-hybridized carbons (Fsp3) is 0.0769. The predicted molar refractivity (Wildman–Crippen MR) is 231 cm³/mol. The summed E-state index contributed by atoms with van der Waals surface area (Å²) in [6.07, 6.45) is 9.00. The molecule has 258 valence electrons. The molecule has 1 nitrogen and oxygen atoms in total. The molecular formula is C52H39NS. The molecule has 0 saturated heterocycles. The largest absolute Gasteiger partial charge is 0.310 e. The number of para-hydroxylation sites is 1. The fourth-order valence-electron chi connectivity index (χ4n) is 8.73. The monoisotopic (exact) mass is 709 g/mol. The van der Waals surface area contributed by atoms with Crippen LogP contribution in [0.2, 0.25) is 0 Å². The Balaban J connectivity index is 1.12. The highest BCUT2D eigenvalue weighted by molar-refractivity contribution is 7.20. The molecule has 2 aliphatic rings. The van der Waals surface area contributed by atoms with E-state index in [0.717, 1.165) is 17.1 Å². The topological polar surface area (TPSA) is 3.24 Å². The second kappa shape index (κ2) is 13.0. The van der Waals surface area contributed by atoms with Gasteiger partial charge >= 0.3 is 0 Å². The van der Waals surface area contributed by atoms with E-state index in [9.17, 15) is 0 Å². The third kappa shape index (κ3) is 5.37. The standard InChI is InChI=1S/C52H39NS/c1-52(2)46-23-10-6-21-43(46)45-34-38(29-32-47(45)52)41-19-7-11-24-48(41)53(40-18-14-17-37(33-40)35-15-4-3-5-16-35)39-30-27-36(28-31-39)42-20-8-13-26-50-51(42)44-22-9-12-25-49(44)54-50/h3-34,42H,1-2H3. The molecule has 8 aromatic rings. The minimum Gasteiger partial charge on any atom is -0.310 e. The number of thiophene rings is 1. The Bertz CT molecular complexity index is 2750. The Morgan fingerprint density at radius 2 is 1.24 bits per heavy atom. The van der Waals surface area contributed by atoms with Crippen molar-refractivity contribution in [1.82, 2.24) is 0 Å². The van der Waals surface area contributed by atoms with Gasteiger partial charge in [0.1, 0.15) is 0 Å². The molecule has 7 aromatic carbocycles. The second-order valence-electron chi connectivity index (χ2n) is 14.9. The molecule has 10 rings (SSSR count). The maximum atomic E-state index is 2.44. The van der Waals surface area contributed by atoms with Gasteiger partial charge in [-0.3, -0.25) is 0 Å². The number of allylic oxidation sites excluding steroid dienone is 3. The predicted octanol–water partition coefficient (Wildman–Crippen LogP) is 14.7. The van der Waals surface area contributed by atoms with E-state index in [4.69, 9.17) is 0 Å². The van der Waals surface area contributed by atoms with Crippen molar-refractivity contribution in [3.05, 3.63) is 215 Å². The molecule has 0 fully saturated rings. The minimum absolute atomic E-state index is 0.0334. The minimum atomic E-state index is -0.0334. The Kier molecular flexibility index (Phi) is 7.82. The van der Waals surface area contributed by atoms with E-state index >= 15 is 0 Å². The maximum Gasteiger partial charge on any atom is 0.0540 e. The lowest BCUT2D eigenvalue weighted by atomic mass is 9.82. The van der Waals surface area contributed by atoms with E-state index in [1.807, 2.05) is 11.3 Å². The summed E-state index contributed by atoms with van der Waals surface area (Å²) in [4.78, 5) is 3.77. The van der Waals surface area contributed by atoms with Crippen LogP contribution in [0.25, 0.3) is 49.5 Å². The van der Waals surface area contributed by atoms with Crippen molar-refractivity contribution in [3.63, 3.8) is 0 Å². The van der Waals surface area contributed by atoms with Crippen LogP contribution in [0, 0.1) is 0 Å². The first-order valence-electron chi connectivity index (χ1n) is 18.8. The van der Waals surface area contributed by atoms with E-state index < -0.39 is 0 Å². The van der Waals surface area contributed by atoms with E-state index in [1.165, 1.54) is 70.6 Å². The van der Waals surface area contributed by atoms with E-state index in [0.29, 0.717) is 0 Å². The molecule has 1 atom stereocenters. The first-order valence-corrected chi connectivity index (χ1v) is 19.6. The lowest BCUT2D eigenvalue weighted by molar-refractivity contribution is 0.660. The maximum absolute atomic E-state index is 2.44. The summed E-state index contributed by atoms with van der Waals surface area (Å²) in [5.41, 5.74) is 16.3. The molecule has 1 aromatic heterocycles. The molecule has 0 spiro atoms. The second-order valence-corrected chi connectivity index (χ2v) is 16.0. The first-order chi connectivity index (χ1) is 26.5. The van der Waals surface area contributed by atoms with Gasteiger partial charge in [0.25, 0.3) is 0 Å². The Morgan fingerprint density at radius 3 is 2.11 bits per heavy atom. The van der Waals surface area contributed by atoms with E-state index in [2.05, 4.69) is 213 Å². The number of fused-ring (bicyclic) bond motifs is 6. The smallest absolute Gasteiger partial charge is 0.0540 e. The van der Waals surface area contributed by atoms with E-state index in [-0.39, 0.29) is 11.3 Å². The van der Waals surface area contributed by atoms with Crippen LogP contribution in [0.1, 0.15) is 46.9 Å². The molecule has 0 bridgehead atoms. The molecule has 0 aliphatic heterocycles. The van der Waals surface area contributed by atoms with Crippen molar-refractivity contribution in [3.8, 4) is 33.4 Å². The molecule has 1 heterocycles. The van der Waals surface area contributed by atoms with Crippen molar-refractivity contribution >= 4 is 44.6 Å². The summed E-state index contributed by atoms with van der Waals surface area (Å²) in [7, 11) is 0. The highest BCUT2D eigenvalue weighted by Crippen LogP contribution is 2.51. The number of hydrogen-bond donors (Lipinski definition) is 0. The molecular weight excluding hydrogens is 671 g/mol. The summed E-state index contributed by atoms with van der Waals surface area (Å²) in [6.45, 7) is 4.69. The van der Waals surface area contributed by atoms with Crippen molar-refractivity contribution < 1.29 is 0 Å². The molecule has 1 unspecified atom stereocenters. The van der Waals surface area contributed by atoms with Gasteiger partial charge in [0, 0.05) is 37.8 Å². The number of rotatable bonds is 6. The zero-order valence-corrected chi connectivity index (χ0v) is 31.2. The van der Waals surface area contributed by atoms with Gasteiger partial charge in [0.15, 0.2) is 0 Å². The third-order valence-corrected chi connectivity index (χ3v) is 12.5. The van der Waals surface area contributed by atoms with Crippen LogP contribution < -0.4 is 4.90 Å². The highest BCUT2D eigenvalue weighted by atomic mass is 32.1. The van der Waals surface area contributed by atoms with Crippen molar-refractivity contribution in [1.29, 1.82) is 0 Å². The molecule has 2 heteroatoms. The zero-order chi connectivity index (χ0) is 36.2. The zero-order valence-electron chi connectivity index (χ0n) is 30.4. The molecule has 0 N–H and O–H groups in total. The van der Waals surface area contributed by atoms with Gasteiger partial charge < -0.3 is 4.90 Å². The van der Waals surface area contributed by atoms with E-state index in [1.54, 1.807) is 0 Å². The van der Waals surface area contributed by atoms with Gasteiger partial charge in [0.2, 0.25) is 0 Å². The van der Waals surface area contributed by atoms with Gasteiger partial charge in [-0.1, -0.05) is 159 Å². The summed E-state index contributed by atoms with van der Waals surface area (Å²) < 4.78 is 1.34. The van der Waals surface area contributed by atoms with Crippen LogP contribution >= 0.6 is 11.3 Å². The van der Waals surface area contributed by atoms with Crippen molar-refractivity contribution in [2.75, 3.05) is 4.90 Å². The lowest BCUT2D eigenvalue weighted by Gasteiger charge is -2.29. The van der Waals surface area contributed by atoms with Crippen LogP contribution in [0.3, 0.4) is 0 Å². The van der Waals surface area contributed by atoms with Crippen LogP contribution in [0.4, 0.5) is 17.1 Å². The average Bonchev–Trinajstić information content (AvgIpc) is 3.60. The first kappa shape index (κ1) is 32.4. The third-order valence-electron chi connectivity index (χ3n) is 11.4. The number of nitrogens with zero attached hydrogens (tertiary/aromatic N) is 1. The van der Waals surface area contributed by atoms with Gasteiger partial charge in [0.05, 0.1) is 5.69 Å². The number of benzene rings is 7. The lowest BCUT2D eigenvalue weighted by Crippen LogP contribution is -2.14.